The molecule has 0 aliphatic carbocycles. The number of amides is 2. The van der Waals surface area contributed by atoms with Gasteiger partial charge in [-0.3, -0.25) is 4.79 Å². The lowest BCUT2D eigenvalue weighted by molar-refractivity contribution is -0.288. The molecule has 304 valence electrons. The van der Waals surface area contributed by atoms with Crippen molar-refractivity contribution in [3.8, 4) is 0 Å². The summed E-state index contributed by atoms with van der Waals surface area (Å²) in [5, 5.41) is 60.8. The molecule has 6 N–H and O–H groups in total. The molecular formula is C36H57F3IN3O10. The Morgan fingerprint density at radius 1 is 1.11 bits per heavy atom. The van der Waals surface area contributed by atoms with Crippen LogP contribution < -0.4 is 5.32 Å². The maximum atomic E-state index is 13.9. The summed E-state index contributed by atoms with van der Waals surface area (Å²) in [6.45, 7) is 10.3. The number of hydrogen-bond donors (Lipinski definition) is 6. The predicted molar refractivity (Wildman–Crippen MR) is 198 cm³/mol. The number of nitrogens with zero attached hydrogens (tertiary/aromatic N) is 2. The number of halogens is 4. The third-order valence-corrected chi connectivity index (χ3v) is 11.4. The minimum Gasteiger partial charge on any atom is -0.459 e. The van der Waals surface area contributed by atoms with E-state index in [1.807, 2.05) is 4.90 Å². The number of benzene rings is 1. The van der Waals surface area contributed by atoms with Gasteiger partial charge in [-0.15, -0.1) is 0 Å². The fourth-order valence-corrected chi connectivity index (χ4v) is 8.32. The molecule has 3 rings (SSSR count). The number of carbonyl (C=O) groups excluding carboxylic acids is 2. The Morgan fingerprint density at radius 3 is 2.30 bits per heavy atom. The van der Waals surface area contributed by atoms with Crippen molar-refractivity contribution in [3.05, 3.63) is 29.8 Å². The van der Waals surface area contributed by atoms with E-state index in [0.29, 0.717) is 6.42 Å². The summed E-state index contributed by atoms with van der Waals surface area (Å²) in [7, 11) is 3.60. The molecule has 0 spiro atoms. The Hall–Kier alpha value is -1.84. The molecule has 13 nitrogen and oxygen atoms in total. The zero-order chi connectivity index (χ0) is 40.4. The fourth-order valence-electron chi connectivity index (χ4n) is 7.51. The molecule has 0 bridgehead atoms. The summed E-state index contributed by atoms with van der Waals surface area (Å²) >= 11 is 2.08. The molecule has 1 aromatic carbocycles. The molecular weight excluding hydrogens is 818 g/mol. The van der Waals surface area contributed by atoms with Crippen molar-refractivity contribution in [2.75, 3.05) is 26.0 Å². The maximum Gasteiger partial charge on any atom is 0.416 e. The number of likely N-dealkylation sites (N-methyl/N-ethyl adjacent to an activating group) is 1. The average molecular weight is 876 g/mol. The SMILES string of the molecule is CC[C@H]1OC(=O)[C@H](C)[C@@H](O)[C@H](C)[C@@H](O[C@@H]2O[C@H](I)C[C@H](N(C)C)[C@H]2O)[C@](C)(O)C[C@@H](C)CN(C(=O)Nc2cccc(C(F)(F)F)c2)[C@H](C)[C@@H](O)[C@]1(C)O. The summed E-state index contributed by atoms with van der Waals surface area (Å²) in [5.74, 6) is -3.73. The number of esters is 1. The molecule has 14 atom stereocenters. The highest BCUT2D eigenvalue weighted by Crippen LogP contribution is 2.38. The quantitative estimate of drug-likeness (QED) is 0.143. The van der Waals surface area contributed by atoms with E-state index < -0.39 is 95.5 Å². The van der Waals surface area contributed by atoms with Crippen molar-refractivity contribution in [1.82, 2.24) is 9.80 Å². The van der Waals surface area contributed by atoms with Gasteiger partial charge in [0.1, 0.15) is 28.0 Å². The molecule has 2 saturated heterocycles. The Morgan fingerprint density at radius 2 is 1.74 bits per heavy atom. The normalized spacial score (nSPS) is 39.9. The zero-order valence-corrected chi connectivity index (χ0v) is 33.9. The standard InChI is InChI=1S/C36H57F3IN3O10/c1-10-25-35(7,50)29(46)21(5)43(33(48)41-23-13-11-12-22(14-23)36(37,38)39)17-18(2)16-34(6,49)30(19(3)27(44)20(4)31(47)51-25)53-32-28(45)24(42(8)9)15-26(40)52-32/h11-14,18-21,24-30,32,44-46,49-50H,10,15-17H2,1-9H3,(H,41,48)/t18-,19+,20-,21-,24+,25-,26+,27+,28-,29-,30-,32+,34-,35-/m1/s1. The van der Waals surface area contributed by atoms with E-state index in [9.17, 15) is 48.3 Å². The van der Waals surface area contributed by atoms with Gasteiger partial charge in [0, 0.05) is 30.6 Å². The van der Waals surface area contributed by atoms with Crippen molar-refractivity contribution in [2.24, 2.45) is 17.8 Å². The third-order valence-electron chi connectivity index (χ3n) is 10.6. The van der Waals surface area contributed by atoms with Crippen LogP contribution in [0.2, 0.25) is 0 Å². The van der Waals surface area contributed by atoms with Crippen molar-refractivity contribution in [3.63, 3.8) is 0 Å². The van der Waals surface area contributed by atoms with E-state index >= 15 is 0 Å². The molecule has 53 heavy (non-hydrogen) atoms. The van der Waals surface area contributed by atoms with Crippen molar-refractivity contribution in [1.29, 1.82) is 0 Å². The number of aliphatic hydroxyl groups is 5. The molecule has 0 aromatic heterocycles. The average Bonchev–Trinajstić information content (AvgIpc) is 3.06. The lowest BCUT2D eigenvalue weighted by atomic mass is 9.78. The van der Waals surface area contributed by atoms with Crippen LogP contribution in [0.5, 0.6) is 0 Å². The number of anilines is 1. The molecule has 2 fully saturated rings. The zero-order valence-electron chi connectivity index (χ0n) is 31.7. The van der Waals surface area contributed by atoms with E-state index in [1.165, 1.54) is 33.8 Å². The van der Waals surface area contributed by atoms with E-state index in [0.717, 1.165) is 23.1 Å². The van der Waals surface area contributed by atoms with Gasteiger partial charge in [-0.2, -0.15) is 13.2 Å². The summed E-state index contributed by atoms with van der Waals surface area (Å²) in [5.41, 5.74) is -5.13. The lowest BCUT2D eigenvalue weighted by Crippen LogP contribution is -2.61. The summed E-state index contributed by atoms with van der Waals surface area (Å²) in [6.07, 6.45) is -12.5. The maximum absolute atomic E-state index is 13.9. The summed E-state index contributed by atoms with van der Waals surface area (Å²) in [6, 6.07) is 1.54. The van der Waals surface area contributed by atoms with E-state index in [1.54, 1.807) is 34.9 Å². The second-order valence-corrected chi connectivity index (χ2v) is 16.8. The summed E-state index contributed by atoms with van der Waals surface area (Å²) in [4.78, 5) is 30.4. The monoisotopic (exact) mass is 875 g/mol. The largest absolute Gasteiger partial charge is 0.459 e. The van der Waals surface area contributed by atoms with Gasteiger partial charge in [-0.25, -0.2) is 4.79 Å². The van der Waals surface area contributed by atoms with E-state index in [4.69, 9.17) is 14.2 Å². The van der Waals surface area contributed by atoms with Gasteiger partial charge >= 0.3 is 18.2 Å². The van der Waals surface area contributed by atoms with Crippen molar-refractivity contribution >= 4 is 40.3 Å². The first kappa shape index (κ1) is 45.5. The number of hydrogen-bond acceptors (Lipinski definition) is 11. The van der Waals surface area contributed by atoms with Gasteiger partial charge in [-0.1, -0.05) is 49.4 Å². The molecule has 1 aromatic rings. The molecule has 2 aliphatic heterocycles. The van der Waals surface area contributed by atoms with Crippen LogP contribution in [0.15, 0.2) is 24.3 Å². The second kappa shape index (κ2) is 18.0. The highest BCUT2D eigenvalue weighted by atomic mass is 127. The van der Waals surface area contributed by atoms with Crippen LogP contribution in [0.25, 0.3) is 0 Å². The van der Waals surface area contributed by atoms with Gasteiger partial charge < -0.3 is 54.9 Å². The first-order chi connectivity index (χ1) is 24.3. The Balaban J connectivity index is 2.10. The minimum absolute atomic E-state index is 0.0234. The molecule has 17 heteroatoms. The summed E-state index contributed by atoms with van der Waals surface area (Å²) < 4.78 is 58.1. The smallest absolute Gasteiger partial charge is 0.416 e. The Kier molecular flexibility index (Phi) is 15.4. The van der Waals surface area contributed by atoms with Crippen LogP contribution >= 0.6 is 22.6 Å². The first-order valence-electron chi connectivity index (χ1n) is 17.9. The number of nitrogens with one attached hydrogen (secondary N) is 1. The molecule has 2 aliphatic rings. The van der Waals surface area contributed by atoms with E-state index in [2.05, 4.69) is 27.9 Å². The van der Waals surface area contributed by atoms with Gasteiger partial charge in [-0.05, 0) is 78.7 Å². The fraction of sp³-hybridized carbons (Fsp3) is 0.778. The molecule has 2 amide bonds. The van der Waals surface area contributed by atoms with Crippen LogP contribution in [0.4, 0.5) is 23.7 Å². The second-order valence-electron chi connectivity index (χ2n) is 15.4. The number of ether oxygens (including phenoxy) is 3. The molecule has 0 saturated carbocycles. The Labute approximate surface area is 323 Å². The van der Waals surface area contributed by atoms with E-state index in [-0.39, 0.29) is 35.2 Å². The van der Waals surface area contributed by atoms with Crippen LogP contribution in [0.1, 0.15) is 73.3 Å². The number of carbonyl (C=O) groups is 2. The van der Waals surface area contributed by atoms with Gasteiger partial charge in [0.15, 0.2) is 6.29 Å². The van der Waals surface area contributed by atoms with Crippen LogP contribution in [0.3, 0.4) is 0 Å². The predicted octanol–water partition coefficient (Wildman–Crippen LogP) is 3.97. The number of cyclic esters (lactones) is 1. The van der Waals surface area contributed by atoms with Crippen LogP contribution in [0, 0.1) is 17.8 Å². The minimum atomic E-state index is -4.68. The third kappa shape index (κ3) is 10.9. The van der Waals surface area contributed by atoms with Crippen LogP contribution in [-0.2, 0) is 25.2 Å². The highest BCUT2D eigenvalue weighted by Gasteiger charge is 2.50. The van der Waals surface area contributed by atoms with Crippen molar-refractivity contribution < 1.29 is 62.5 Å². The van der Waals surface area contributed by atoms with Gasteiger partial charge in [0.05, 0.1) is 35.3 Å². The topological polar surface area (TPSA) is 181 Å². The van der Waals surface area contributed by atoms with Gasteiger partial charge in [0.2, 0.25) is 0 Å². The van der Waals surface area contributed by atoms with Crippen LogP contribution in [-0.4, -0.2) is 132 Å². The molecule has 0 unspecified atom stereocenters. The highest BCUT2D eigenvalue weighted by molar-refractivity contribution is 14.1. The molecule has 2 heterocycles. The number of alkyl halides is 4. The lowest BCUT2D eigenvalue weighted by Gasteiger charge is -2.46. The number of aliphatic hydroxyl groups excluding tert-OH is 3. The first-order valence-corrected chi connectivity index (χ1v) is 19.1. The Bertz CT molecular complexity index is 1390. The number of urea groups is 1. The van der Waals surface area contributed by atoms with Gasteiger partial charge in [0.25, 0.3) is 0 Å². The molecule has 0 radical (unpaired) electrons. The van der Waals surface area contributed by atoms with Crippen molar-refractivity contribution in [2.45, 2.75) is 138 Å². The number of rotatable bonds is 5.